The number of Topliss-reactive ketones (excluding diaryl/α,β-unsaturated/α-hetero) is 1. The fraction of sp³-hybridized carbons (Fsp3) is 0.111. The van der Waals surface area contributed by atoms with Crippen molar-refractivity contribution < 1.29 is 14.0 Å². The summed E-state index contributed by atoms with van der Waals surface area (Å²) in [5, 5.41) is 3.42. The quantitative estimate of drug-likeness (QED) is 0.749. The predicted octanol–water partition coefficient (Wildman–Crippen LogP) is 3.77. The van der Waals surface area contributed by atoms with Crippen LogP contribution in [-0.2, 0) is 7.05 Å². The van der Waals surface area contributed by atoms with Gasteiger partial charge in [-0.1, -0.05) is 12.1 Å². The first-order chi connectivity index (χ1) is 11.0. The maximum absolute atomic E-state index is 13.9. The Morgan fingerprint density at radius 1 is 1.09 bits per heavy atom. The maximum atomic E-state index is 13.9. The smallest absolute Gasteiger partial charge is 0.272 e. The normalized spacial score (nSPS) is 10.7. The average Bonchev–Trinajstić information content (AvgIpc) is 2.86. The van der Waals surface area contributed by atoms with Crippen LogP contribution in [0.5, 0.6) is 0 Å². The number of aryl methyl sites for hydroxylation is 1. The number of anilines is 1. The summed E-state index contributed by atoms with van der Waals surface area (Å²) in [6.07, 6.45) is 0. The second-order valence-corrected chi connectivity index (χ2v) is 5.35. The van der Waals surface area contributed by atoms with Gasteiger partial charge in [0.05, 0.1) is 5.52 Å². The molecule has 0 fully saturated rings. The fourth-order valence-corrected chi connectivity index (χ4v) is 2.57. The van der Waals surface area contributed by atoms with Crippen LogP contribution < -0.4 is 5.32 Å². The lowest BCUT2D eigenvalue weighted by Crippen LogP contribution is -2.15. The number of halogens is 1. The Morgan fingerprint density at radius 2 is 1.78 bits per heavy atom. The van der Waals surface area contributed by atoms with Gasteiger partial charge in [-0.15, -0.1) is 0 Å². The van der Waals surface area contributed by atoms with Crippen LogP contribution in [0.1, 0.15) is 27.8 Å². The van der Waals surface area contributed by atoms with Gasteiger partial charge in [-0.3, -0.25) is 9.59 Å². The van der Waals surface area contributed by atoms with E-state index >= 15 is 0 Å². The first-order valence-corrected chi connectivity index (χ1v) is 7.13. The molecular weight excluding hydrogens is 295 g/mol. The number of nitrogens with zero attached hydrogens (tertiary/aromatic N) is 1. The van der Waals surface area contributed by atoms with Crippen molar-refractivity contribution in [2.45, 2.75) is 6.92 Å². The molecule has 0 saturated carbocycles. The Morgan fingerprint density at radius 3 is 2.39 bits per heavy atom. The summed E-state index contributed by atoms with van der Waals surface area (Å²) >= 11 is 0. The molecule has 0 unspecified atom stereocenters. The summed E-state index contributed by atoms with van der Waals surface area (Å²) in [5.74, 6) is -0.736. The van der Waals surface area contributed by atoms with E-state index in [0.29, 0.717) is 27.8 Å². The largest absolute Gasteiger partial charge is 0.337 e. The number of benzene rings is 2. The van der Waals surface area contributed by atoms with Gasteiger partial charge in [-0.2, -0.15) is 0 Å². The number of carbonyl (C=O) groups is 2. The minimum Gasteiger partial charge on any atom is -0.337 e. The summed E-state index contributed by atoms with van der Waals surface area (Å²) in [4.78, 5) is 23.7. The summed E-state index contributed by atoms with van der Waals surface area (Å²) in [5.41, 5.74) is 1.91. The molecule has 0 radical (unpaired) electrons. The fourth-order valence-electron chi connectivity index (χ4n) is 2.57. The highest BCUT2D eigenvalue weighted by molar-refractivity contribution is 6.06. The van der Waals surface area contributed by atoms with E-state index < -0.39 is 0 Å². The first-order valence-electron chi connectivity index (χ1n) is 7.13. The van der Waals surface area contributed by atoms with E-state index in [2.05, 4.69) is 5.32 Å². The van der Waals surface area contributed by atoms with Gasteiger partial charge in [0.2, 0.25) is 0 Å². The van der Waals surface area contributed by atoms with Crippen molar-refractivity contribution in [2.75, 3.05) is 5.32 Å². The summed E-state index contributed by atoms with van der Waals surface area (Å²) in [6.45, 7) is 1.48. The van der Waals surface area contributed by atoms with Crippen LogP contribution in [0.3, 0.4) is 0 Å². The lowest BCUT2D eigenvalue weighted by Gasteiger charge is -2.07. The molecule has 0 atom stereocenters. The number of hydrogen-bond acceptors (Lipinski definition) is 2. The van der Waals surface area contributed by atoms with Gasteiger partial charge < -0.3 is 9.88 Å². The number of ketones is 1. The van der Waals surface area contributed by atoms with Gasteiger partial charge >= 0.3 is 0 Å². The van der Waals surface area contributed by atoms with Crippen LogP contribution in [0.15, 0.2) is 48.5 Å². The second kappa shape index (κ2) is 5.68. The third-order valence-corrected chi connectivity index (χ3v) is 3.79. The molecule has 0 aliphatic rings. The molecule has 1 amide bonds. The lowest BCUT2D eigenvalue weighted by atomic mass is 10.1. The van der Waals surface area contributed by atoms with Crippen LogP contribution in [-0.4, -0.2) is 16.3 Å². The minimum absolute atomic E-state index is 0.0352. The molecule has 0 aliphatic heterocycles. The maximum Gasteiger partial charge on any atom is 0.272 e. The van der Waals surface area contributed by atoms with Crippen molar-refractivity contribution in [3.8, 4) is 0 Å². The highest BCUT2D eigenvalue weighted by Gasteiger charge is 2.15. The topological polar surface area (TPSA) is 51.1 Å². The number of para-hydroxylation sites is 1. The first kappa shape index (κ1) is 15.0. The van der Waals surface area contributed by atoms with Gasteiger partial charge in [-0.25, -0.2) is 4.39 Å². The van der Waals surface area contributed by atoms with Gasteiger partial charge in [0.25, 0.3) is 5.91 Å². The summed E-state index contributed by atoms with van der Waals surface area (Å²) in [6, 6.07) is 13.0. The molecule has 5 heteroatoms. The highest BCUT2D eigenvalue weighted by Crippen LogP contribution is 2.22. The zero-order valence-corrected chi connectivity index (χ0v) is 12.8. The molecule has 1 aromatic heterocycles. The predicted molar refractivity (Wildman–Crippen MR) is 87.3 cm³/mol. The standard InChI is InChI=1S/C18H15FN2O2/c1-11(22)12-6-8-14(9-7-12)20-18(23)16-10-13-4-3-5-15(19)17(13)21(16)2/h3-10H,1-2H3,(H,20,23). The Balaban J connectivity index is 1.90. The molecule has 116 valence electrons. The molecule has 0 spiro atoms. The zero-order valence-electron chi connectivity index (χ0n) is 12.8. The van der Waals surface area contributed by atoms with Crippen LogP contribution in [0.25, 0.3) is 10.9 Å². The number of amides is 1. The molecule has 0 bridgehead atoms. The lowest BCUT2D eigenvalue weighted by molar-refractivity contribution is 0.101. The van der Waals surface area contributed by atoms with Crippen molar-refractivity contribution in [3.05, 3.63) is 65.6 Å². The molecule has 1 N–H and O–H groups in total. The van der Waals surface area contributed by atoms with Crippen LogP contribution in [0.4, 0.5) is 10.1 Å². The Labute approximate surface area is 132 Å². The monoisotopic (exact) mass is 310 g/mol. The SMILES string of the molecule is CC(=O)c1ccc(NC(=O)c2cc3cccc(F)c3n2C)cc1. The molecule has 0 aliphatic carbocycles. The van der Waals surface area contributed by atoms with E-state index in [1.54, 1.807) is 49.5 Å². The van der Waals surface area contributed by atoms with E-state index in [1.807, 2.05) is 0 Å². The molecule has 0 saturated heterocycles. The zero-order chi connectivity index (χ0) is 16.6. The molecule has 3 rings (SSSR count). The van der Waals surface area contributed by atoms with Crippen molar-refractivity contribution in [1.82, 2.24) is 4.57 Å². The molecule has 2 aromatic carbocycles. The second-order valence-electron chi connectivity index (χ2n) is 5.35. The summed E-state index contributed by atoms with van der Waals surface area (Å²) in [7, 11) is 1.65. The van der Waals surface area contributed by atoms with E-state index in [0.717, 1.165) is 0 Å². The van der Waals surface area contributed by atoms with Crippen LogP contribution >= 0.6 is 0 Å². The number of fused-ring (bicyclic) bond motifs is 1. The third-order valence-electron chi connectivity index (χ3n) is 3.79. The molecule has 1 heterocycles. The number of rotatable bonds is 3. The van der Waals surface area contributed by atoms with E-state index in [9.17, 15) is 14.0 Å². The Bertz CT molecular complexity index is 911. The molecular formula is C18H15FN2O2. The third kappa shape index (κ3) is 2.73. The van der Waals surface area contributed by atoms with Crippen LogP contribution in [0.2, 0.25) is 0 Å². The van der Waals surface area contributed by atoms with Gasteiger partial charge in [0.1, 0.15) is 11.5 Å². The number of hydrogen-bond donors (Lipinski definition) is 1. The number of nitrogens with one attached hydrogen (secondary N) is 1. The van der Waals surface area contributed by atoms with Crippen molar-refractivity contribution in [3.63, 3.8) is 0 Å². The van der Waals surface area contributed by atoms with Crippen molar-refractivity contribution in [1.29, 1.82) is 0 Å². The van der Waals surface area contributed by atoms with Gasteiger partial charge in [-0.05, 0) is 43.3 Å². The van der Waals surface area contributed by atoms with Gasteiger partial charge in [0.15, 0.2) is 5.78 Å². The number of aromatic nitrogens is 1. The van der Waals surface area contributed by atoms with E-state index in [4.69, 9.17) is 0 Å². The highest BCUT2D eigenvalue weighted by atomic mass is 19.1. The Kier molecular flexibility index (Phi) is 3.70. The summed E-state index contributed by atoms with van der Waals surface area (Å²) < 4.78 is 15.4. The average molecular weight is 310 g/mol. The van der Waals surface area contributed by atoms with Gasteiger partial charge in [0, 0.05) is 23.7 Å². The van der Waals surface area contributed by atoms with E-state index in [1.165, 1.54) is 17.6 Å². The van der Waals surface area contributed by atoms with Crippen molar-refractivity contribution >= 4 is 28.3 Å². The molecule has 3 aromatic rings. The Hall–Kier alpha value is -2.95. The van der Waals surface area contributed by atoms with Crippen molar-refractivity contribution in [2.24, 2.45) is 7.05 Å². The van der Waals surface area contributed by atoms with Crippen LogP contribution in [0, 0.1) is 5.82 Å². The molecule has 23 heavy (non-hydrogen) atoms. The molecule has 4 nitrogen and oxygen atoms in total. The number of carbonyl (C=O) groups excluding carboxylic acids is 2. The van der Waals surface area contributed by atoms with E-state index in [-0.39, 0.29) is 17.5 Å². The minimum atomic E-state index is -0.366.